The molecule has 14 heavy (non-hydrogen) atoms. The molecule has 1 heteroatoms. The van der Waals surface area contributed by atoms with Crippen molar-refractivity contribution >= 4 is 6.60 Å². The molecule has 88 valence electrons. The van der Waals surface area contributed by atoms with E-state index < -0.39 is 6.60 Å². The van der Waals surface area contributed by atoms with Crippen molar-refractivity contribution in [2.75, 3.05) is 18.5 Å². The van der Waals surface area contributed by atoms with Crippen LogP contribution in [0.3, 0.4) is 0 Å². The quantitative estimate of drug-likeness (QED) is 0.594. The van der Waals surface area contributed by atoms with Crippen LogP contribution in [-0.4, -0.2) is 29.3 Å². The van der Waals surface area contributed by atoms with E-state index in [4.69, 9.17) is 0 Å². The number of hydrogen-bond donors (Lipinski definition) is 0. The number of hydrogen-bond acceptors (Lipinski definition) is 0. The monoisotopic (exact) mass is 218 g/mol. The fourth-order valence-electron chi connectivity index (χ4n) is 3.96. The van der Waals surface area contributed by atoms with E-state index in [1.165, 1.54) is 18.5 Å². The molecular weight excluding hydrogens is 187 g/mol. The van der Waals surface area contributed by atoms with E-state index in [1.807, 2.05) is 0 Å². The van der Waals surface area contributed by atoms with Crippen LogP contribution in [0.4, 0.5) is 0 Å². The zero-order valence-corrected chi connectivity index (χ0v) is 12.5. The summed E-state index contributed by atoms with van der Waals surface area (Å²) in [6, 6.07) is 0. The molecule has 0 bridgehead atoms. The van der Waals surface area contributed by atoms with E-state index in [0.29, 0.717) is 5.16 Å². The van der Waals surface area contributed by atoms with Crippen LogP contribution in [0.25, 0.3) is 0 Å². The van der Waals surface area contributed by atoms with Gasteiger partial charge in [-0.1, -0.05) is 0 Å². The summed E-state index contributed by atoms with van der Waals surface area (Å²) in [4.78, 5) is 0. The Morgan fingerprint density at radius 2 is 1.14 bits per heavy atom. The first-order chi connectivity index (χ1) is 6.21. The minimum absolute atomic E-state index is 0.512. The van der Waals surface area contributed by atoms with Gasteiger partial charge in [-0.15, -0.1) is 0 Å². The molecule has 0 rings (SSSR count). The van der Waals surface area contributed by atoms with Crippen LogP contribution in [-0.2, 0) is 0 Å². The Bertz CT molecular complexity index is 171. The van der Waals surface area contributed by atoms with Gasteiger partial charge in [-0.05, 0) is 0 Å². The summed E-state index contributed by atoms with van der Waals surface area (Å²) in [7, 11) is 0. The second-order valence-electron chi connectivity index (χ2n) is 6.04. The first-order valence-corrected chi connectivity index (χ1v) is 9.07. The molecule has 0 spiro atoms. The Hall–Kier alpha value is 0.430. The van der Waals surface area contributed by atoms with Gasteiger partial charge >= 0.3 is 91.3 Å². The van der Waals surface area contributed by atoms with Crippen molar-refractivity contribution in [3.05, 3.63) is 0 Å². The van der Waals surface area contributed by atoms with Gasteiger partial charge in [0.1, 0.15) is 0 Å². The van der Waals surface area contributed by atoms with Crippen molar-refractivity contribution < 1.29 is 0 Å². The van der Waals surface area contributed by atoms with Crippen molar-refractivity contribution in [3.63, 3.8) is 0 Å². The van der Waals surface area contributed by atoms with Gasteiger partial charge in [0.05, 0.1) is 0 Å². The molecule has 0 atom stereocenters. The van der Waals surface area contributed by atoms with Gasteiger partial charge in [0.2, 0.25) is 0 Å². The fraction of sp³-hybridized carbons (Fsp3) is 1.00. The normalized spacial score (nSPS) is 16.8. The second kappa shape index (κ2) is 4.12. The third-order valence-corrected chi connectivity index (χ3v) is 16.6. The van der Waals surface area contributed by atoms with Gasteiger partial charge in [-0.25, -0.2) is 0 Å². The zero-order valence-electron chi connectivity index (χ0n) is 11.6. The Morgan fingerprint density at radius 3 is 1.14 bits per heavy atom. The van der Waals surface area contributed by atoms with Crippen LogP contribution in [0.1, 0.15) is 55.4 Å². The molecule has 0 amide bonds. The van der Waals surface area contributed by atoms with Crippen molar-refractivity contribution in [3.8, 4) is 0 Å². The Kier molecular flexibility index (Phi) is 4.25. The van der Waals surface area contributed by atoms with Crippen LogP contribution in [0.5, 0.6) is 0 Å². The van der Waals surface area contributed by atoms with Gasteiger partial charge in [0, 0.05) is 0 Å². The first-order valence-electron chi connectivity index (χ1n) is 6.21. The van der Waals surface area contributed by atoms with Gasteiger partial charge in [0.15, 0.2) is 0 Å². The summed E-state index contributed by atoms with van der Waals surface area (Å²) in [6.45, 7) is 18.1. The molecule has 0 aromatic rings. The van der Waals surface area contributed by atoms with Gasteiger partial charge in [-0.2, -0.15) is 0 Å². The Labute approximate surface area is 91.8 Å². The van der Waals surface area contributed by atoms with Gasteiger partial charge < -0.3 is 0 Å². The summed E-state index contributed by atoms with van der Waals surface area (Å²) in [6.07, 6.45) is 4.25. The van der Waals surface area contributed by atoms with E-state index in [1.54, 1.807) is 0 Å². The van der Waals surface area contributed by atoms with E-state index in [-0.39, 0.29) is 0 Å². The fourth-order valence-corrected chi connectivity index (χ4v) is 11.9. The predicted octanol–water partition coefficient (Wildman–Crippen LogP) is 4.81. The standard InChI is InChI=1S/C13H31P/c1-9-14(10-2,11-3,12(4)5)13(6,7)8/h12H,9-11H2,1-8H3. The van der Waals surface area contributed by atoms with Crippen LogP contribution in [0, 0.1) is 0 Å². The van der Waals surface area contributed by atoms with E-state index in [2.05, 4.69) is 55.4 Å². The third kappa shape index (κ3) is 1.54. The molecule has 0 saturated carbocycles. The first kappa shape index (κ1) is 14.4. The van der Waals surface area contributed by atoms with Crippen molar-refractivity contribution in [2.45, 2.75) is 66.2 Å². The molecule has 0 N–H and O–H groups in total. The molecule has 0 aromatic carbocycles. The third-order valence-electron chi connectivity index (χ3n) is 5.53. The number of rotatable bonds is 4. The second-order valence-corrected chi connectivity index (χ2v) is 14.0. The van der Waals surface area contributed by atoms with E-state index in [9.17, 15) is 0 Å². The van der Waals surface area contributed by atoms with Crippen molar-refractivity contribution in [1.82, 2.24) is 0 Å². The summed E-state index contributed by atoms with van der Waals surface area (Å²) < 4.78 is 0. The van der Waals surface area contributed by atoms with Crippen molar-refractivity contribution in [2.24, 2.45) is 0 Å². The molecule has 0 aliphatic heterocycles. The zero-order chi connectivity index (χ0) is 11.6. The molecular formula is C13H31P. The molecule has 0 aliphatic rings. The minimum atomic E-state index is -1.53. The molecule has 0 fully saturated rings. The molecule has 0 saturated heterocycles. The Morgan fingerprint density at radius 1 is 0.857 bits per heavy atom. The molecule has 0 unspecified atom stereocenters. The van der Waals surface area contributed by atoms with Crippen molar-refractivity contribution in [1.29, 1.82) is 0 Å². The van der Waals surface area contributed by atoms with Crippen LogP contribution in [0.15, 0.2) is 0 Å². The van der Waals surface area contributed by atoms with Gasteiger partial charge in [-0.3, -0.25) is 0 Å². The average molecular weight is 218 g/mol. The van der Waals surface area contributed by atoms with Gasteiger partial charge in [0.25, 0.3) is 0 Å². The summed E-state index contributed by atoms with van der Waals surface area (Å²) in [5.74, 6) is 0. The summed E-state index contributed by atoms with van der Waals surface area (Å²) in [5.41, 5.74) is 0.876. The molecule has 0 nitrogen and oxygen atoms in total. The van der Waals surface area contributed by atoms with E-state index in [0.717, 1.165) is 5.66 Å². The SMILES string of the molecule is CCP(CC)(CC)(C(C)C)C(C)(C)C. The van der Waals surface area contributed by atoms with Crippen LogP contribution >= 0.6 is 6.60 Å². The maximum atomic E-state index is 2.47. The topological polar surface area (TPSA) is 0 Å². The van der Waals surface area contributed by atoms with Crippen LogP contribution < -0.4 is 0 Å². The molecule has 0 radical (unpaired) electrons. The summed E-state index contributed by atoms with van der Waals surface area (Å²) >= 11 is 0. The summed E-state index contributed by atoms with van der Waals surface area (Å²) in [5, 5.41) is 0.512. The average Bonchev–Trinajstić information content (AvgIpc) is 2.06. The Balaban J connectivity index is 5.63. The van der Waals surface area contributed by atoms with Crippen LogP contribution in [0.2, 0.25) is 0 Å². The molecule has 0 heterocycles. The predicted molar refractivity (Wildman–Crippen MR) is 73.4 cm³/mol. The molecule has 0 aromatic heterocycles. The molecule has 0 aliphatic carbocycles. The van der Waals surface area contributed by atoms with E-state index >= 15 is 0 Å². The maximum absolute atomic E-state index is 2.47.